The maximum Gasteiger partial charge on any atom is 0.305 e. The van der Waals surface area contributed by atoms with Crippen molar-refractivity contribution in [2.75, 3.05) is 19.8 Å². The number of carbonyl (C=O) groups is 2. The van der Waals surface area contributed by atoms with Crippen molar-refractivity contribution in [1.29, 1.82) is 0 Å². The van der Waals surface area contributed by atoms with Gasteiger partial charge >= 0.3 is 11.9 Å². The van der Waals surface area contributed by atoms with Crippen LogP contribution in [0.5, 0.6) is 0 Å². The lowest BCUT2D eigenvalue weighted by molar-refractivity contribution is -0.146. The van der Waals surface area contributed by atoms with Crippen LogP contribution in [0.25, 0.3) is 0 Å². The van der Waals surface area contributed by atoms with Crippen LogP contribution in [0.15, 0.2) is 0 Å². The predicted octanol–water partition coefficient (Wildman–Crippen LogP) is 15.7. The molecule has 0 radical (unpaired) electrons. The highest BCUT2D eigenvalue weighted by Gasteiger charge is 2.37. The SMILES string of the molecule is CCCCCCC(CCCC)COC(=O)CCCCCCCC(CCCCCCCC(=O)OCC(CCCC)CCCCCC)CO[Si](C)(C)C(C)(C)C. The Balaban J connectivity index is 4.44. The molecule has 0 N–H and O–H groups in total. The average Bonchev–Trinajstić information content (AvgIpc) is 3.13. The summed E-state index contributed by atoms with van der Waals surface area (Å²) in [6, 6.07) is 0. The molecule has 6 heteroatoms. The highest BCUT2D eigenvalue weighted by Crippen LogP contribution is 2.37. The van der Waals surface area contributed by atoms with Gasteiger partial charge in [0.2, 0.25) is 0 Å². The Bertz CT molecular complexity index is 799. The summed E-state index contributed by atoms with van der Waals surface area (Å²) in [6.45, 7) is 22.9. The Morgan fingerprint density at radius 1 is 0.426 bits per heavy atom. The van der Waals surface area contributed by atoms with E-state index in [1.165, 1.54) is 154 Å². The standard InChI is InChI=1S/C48H96O5Si/c1-10-14-18-26-34-43(32-16-12-3)40-51-46(49)38-30-24-20-22-28-36-45(42-53-54(8,9)48(5,6)7)37-29-23-21-25-31-39-47(50)52-41-44(33-17-13-4)35-27-19-15-11-2/h43-45H,10-42H2,1-9H3. The van der Waals surface area contributed by atoms with Crippen LogP contribution in [0.4, 0.5) is 0 Å². The van der Waals surface area contributed by atoms with Crippen molar-refractivity contribution in [1.82, 2.24) is 0 Å². The predicted molar refractivity (Wildman–Crippen MR) is 237 cm³/mol. The van der Waals surface area contributed by atoms with Crippen molar-refractivity contribution in [3.8, 4) is 0 Å². The average molecular weight is 781 g/mol. The van der Waals surface area contributed by atoms with E-state index in [4.69, 9.17) is 13.9 Å². The molecular weight excluding hydrogens is 685 g/mol. The van der Waals surface area contributed by atoms with Gasteiger partial charge in [0, 0.05) is 19.4 Å². The fourth-order valence-electron chi connectivity index (χ4n) is 7.21. The Morgan fingerprint density at radius 3 is 1.07 bits per heavy atom. The lowest BCUT2D eigenvalue weighted by atomic mass is 9.95. The molecule has 0 amide bonds. The first kappa shape index (κ1) is 53.1. The molecule has 0 bridgehead atoms. The van der Waals surface area contributed by atoms with Gasteiger partial charge in [-0.15, -0.1) is 0 Å². The van der Waals surface area contributed by atoms with Gasteiger partial charge in [-0.3, -0.25) is 9.59 Å². The molecule has 2 unspecified atom stereocenters. The smallest absolute Gasteiger partial charge is 0.305 e. The lowest BCUT2D eigenvalue weighted by Gasteiger charge is -2.37. The van der Waals surface area contributed by atoms with Crippen molar-refractivity contribution < 1.29 is 23.5 Å². The Kier molecular flexibility index (Phi) is 34.7. The van der Waals surface area contributed by atoms with Crippen molar-refractivity contribution in [3.05, 3.63) is 0 Å². The van der Waals surface area contributed by atoms with E-state index in [0.29, 0.717) is 43.8 Å². The number of esters is 2. The molecule has 0 aromatic heterocycles. The summed E-state index contributed by atoms with van der Waals surface area (Å²) in [5.74, 6) is 1.71. The Hall–Kier alpha value is -0.883. The first-order valence-electron chi connectivity index (χ1n) is 23.8. The fourth-order valence-corrected chi connectivity index (χ4v) is 8.30. The number of ether oxygens (including phenoxy) is 2. The molecule has 54 heavy (non-hydrogen) atoms. The second-order valence-corrected chi connectivity index (χ2v) is 23.4. The molecular formula is C48H96O5Si. The number of hydrogen-bond acceptors (Lipinski definition) is 5. The molecule has 0 rings (SSSR count). The topological polar surface area (TPSA) is 61.8 Å². The van der Waals surface area contributed by atoms with E-state index in [0.717, 1.165) is 32.3 Å². The number of hydrogen-bond donors (Lipinski definition) is 0. The minimum atomic E-state index is -1.77. The third kappa shape index (κ3) is 31.2. The largest absolute Gasteiger partial charge is 0.465 e. The van der Waals surface area contributed by atoms with E-state index in [1.807, 2.05) is 0 Å². The second-order valence-electron chi connectivity index (χ2n) is 18.6. The molecule has 0 aliphatic carbocycles. The van der Waals surface area contributed by atoms with Gasteiger partial charge in [-0.1, -0.05) is 177 Å². The molecule has 0 aromatic carbocycles. The quantitative estimate of drug-likeness (QED) is 0.0353. The molecule has 0 fully saturated rings. The minimum absolute atomic E-state index is 0.00674. The highest BCUT2D eigenvalue weighted by atomic mass is 28.4. The third-order valence-electron chi connectivity index (χ3n) is 12.3. The zero-order valence-corrected chi connectivity index (χ0v) is 39.1. The summed E-state index contributed by atoms with van der Waals surface area (Å²) in [5, 5.41) is 0.232. The zero-order chi connectivity index (χ0) is 40.3. The molecule has 2 atom stereocenters. The normalized spacial score (nSPS) is 13.9. The van der Waals surface area contributed by atoms with Crippen LogP contribution in [0.1, 0.15) is 241 Å². The van der Waals surface area contributed by atoms with Crippen molar-refractivity contribution in [2.45, 2.75) is 259 Å². The zero-order valence-electron chi connectivity index (χ0n) is 38.1. The summed E-state index contributed by atoms with van der Waals surface area (Å²) in [5.41, 5.74) is 0. The molecule has 0 saturated heterocycles. The molecule has 5 nitrogen and oxygen atoms in total. The molecule has 0 aliphatic rings. The van der Waals surface area contributed by atoms with Gasteiger partial charge in [0.05, 0.1) is 13.2 Å². The fraction of sp³-hybridized carbons (Fsp3) is 0.958. The summed E-state index contributed by atoms with van der Waals surface area (Å²) in [7, 11) is -1.77. The molecule has 0 heterocycles. The van der Waals surface area contributed by atoms with Crippen LogP contribution in [-0.2, 0) is 23.5 Å². The number of rotatable bonds is 39. The minimum Gasteiger partial charge on any atom is -0.465 e. The van der Waals surface area contributed by atoms with Gasteiger partial charge in [0.25, 0.3) is 0 Å². The van der Waals surface area contributed by atoms with E-state index in [1.54, 1.807) is 0 Å². The van der Waals surface area contributed by atoms with Gasteiger partial charge < -0.3 is 13.9 Å². The van der Waals surface area contributed by atoms with Crippen molar-refractivity contribution in [2.24, 2.45) is 17.8 Å². The van der Waals surface area contributed by atoms with Gasteiger partial charge in [-0.25, -0.2) is 0 Å². The van der Waals surface area contributed by atoms with E-state index in [-0.39, 0.29) is 17.0 Å². The van der Waals surface area contributed by atoms with E-state index in [2.05, 4.69) is 61.6 Å². The van der Waals surface area contributed by atoms with Crippen LogP contribution in [0, 0.1) is 17.8 Å². The second kappa shape index (κ2) is 35.3. The van der Waals surface area contributed by atoms with Crippen LogP contribution < -0.4 is 0 Å². The summed E-state index contributed by atoms with van der Waals surface area (Å²) < 4.78 is 18.2. The monoisotopic (exact) mass is 781 g/mol. The molecule has 0 saturated carbocycles. The van der Waals surface area contributed by atoms with E-state index >= 15 is 0 Å². The van der Waals surface area contributed by atoms with Gasteiger partial charge in [-0.05, 0) is 87.3 Å². The number of unbranched alkanes of at least 4 members (excludes halogenated alkanes) is 16. The van der Waals surface area contributed by atoms with Crippen LogP contribution >= 0.6 is 0 Å². The Labute approximate surface area is 339 Å². The summed E-state index contributed by atoms with van der Waals surface area (Å²) in [4.78, 5) is 25.0. The first-order valence-corrected chi connectivity index (χ1v) is 26.8. The summed E-state index contributed by atoms with van der Waals surface area (Å²) in [6.07, 6.45) is 35.0. The summed E-state index contributed by atoms with van der Waals surface area (Å²) >= 11 is 0. The maximum atomic E-state index is 12.5. The van der Waals surface area contributed by atoms with Crippen LogP contribution in [0.3, 0.4) is 0 Å². The molecule has 0 aromatic rings. The first-order chi connectivity index (χ1) is 25.9. The molecule has 0 aliphatic heterocycles. The third-order valence-corrected chi connectivity index (χ3v) is 16.8. The van der Waals surface area contributed by atoms with Crippen LogP contribution in [0.2, 0.25) is 18.1 Å². The lowest BCUT2D eigenvalue weighted by Crippen LogP contribution is -2.42. The van der Waals surface area contributed by atoms with Gasteiger partial charge in [0.1, 0.15) is 0 Å². The van der Waals surface area contributed by atoms with Crippen molar-refractivity contribution >= 4 is 20.3 Å². The van der Waals surface area contributed by atoms with Gasteiger partial charge in [0.15, 0.2) is 8.32 Å². The van der Waals surface area contributed by atoms with Gasteiger partial charge in [-0.2, -0.15) is 0 Å². The molecule has 0 spiro atoms. The van der Waals surface area contributed by atoms with E-state index in [9.17, 15) is 9.59 Å². The highest BCUT2D eigenvalue weighted by molar-refractivity contribution is 6.74. The number of carbonyl (C=O) groups excluding carboxylic acids is 2. The van der Waals surface area contributed by atoms with E-state index < -0.39 is 8.32 Å². The molecule has 322 valence electrons. The van der Waals surface area contributed by atoms with Crippen molar-refractivity contribution in [3.63, 3.8) is 0 Å². The maximum absolute atomic E-state index is 12.5. The Morgan fingerprint density at radius 2 is 0.722 bits per heavy atom. The van der Waals surface area contributed by atoms with Crippen LogP contribution in [-0.4, -0.2) is 40.1 Å².